The van der Waals surface area contributed by atoms with E-state index in [-0.39, 0.29) is 4.90 Å². The summed E-state index contributed by atoms with van der Waals surface area (Å²) in [6.45, 7) is 0.365. The molecule has 18 heavy (non-hydrogen) atoms. The lowest BCUT2D eigenvalue weighted by atomic mass is 10.1. The maximum absolute atomic E-state index is 11.0. The fraction of sp³-hybridized carbons (Fsp3) is 0.300. The molecule has 1 amide bonds. The highest BCUT2D eigenvalue weighted by Crippen LogP contribution is 2.09. The van der Waals surface area contributed by atoms with Crippen LogP contribution < -0.4 is 10.5 Å². The van der Waals surface area contributed by atoms with Gasteiger partial charge in [0.05, 0.1) is 4.90 Å². The molecule has 0 bridgehead atoms. The van der Waals surface area contributed by atoms with E-state index in [0.29, 0.717) is 13.0 Å². The van der Waals surface area contributed by atoms with Gasteiger partial charge in [-0.05, 0) is 24.1 Å². The van der Waals surface area contributed by atoms with Crippen LogP contribution in [0.2, 0.25) is 0 Å². The summed E-state index contributed by atoms with van der Waals surface area (Å²) in [7, 11) is -3.67. The third-order valence-corrected chi connectivity index (χ3v) is 3.49. The van der Waals surface area contributed by atoms with Gasteiger partial charge in [-0.3, -0.25) is 4.79 Å². The minimum atomic E-state index is -3.67. The van der Waals surface area contributed by atoms with Gasteiger partial charge < -0.3 is 5.32 Å². The molecule has 0 saturated heterocycles. The number of nitrogens with two attached hydrogens (primary N) is 1. The van der Waals surface area contributed by atoms with Crippen molar-refractivity contribution < 1.29 is 13.2 Å². The maximum atomic E-state index is 11.0. The molecule has 8 heteroatoms. The highest BCUT2D eigenvalue weighted by atomic mass is 35.5. The van der Waals surface area contributed by atoms with Crippen molar-refractivity contribution in [3.8, 4) is 0 Å². The Bertz CT molecular complexity index is 514. The monoisotopic (exact) mass is 310 g/mol. The molecule has 0 aliphatic rings. The summed E-state index contributed by atoms with van der Waals surface area (Å²) >= 11 is 10.7. The van der Waals surface area contributed by atoms with E-state index in [4.69, 9.17) is 28.3 Å². The summed E-state index contributed by atoms with van der Waals surface area (Å²) < 4.78 is 22.0. The summed E-state index contributed by atoms with van der Waals surface area (Å²) in [4.78, 5) is 10.0. The number of alkyl halides is 2. The summed E-state index contributed by atoms with van der Waals surface area (Å²) in [6.07, 6.45) is 0.539. The van der Waals surface area contributed by atoms with Crippen molar-refractivity contribution in [2.45, 2.75) is 16.2 Å². The first-order chi connectivity index (χ1) is 8.30. The molecule has 1 aromatic carbocycles. The molecule has 100 valence electrons. The highest BCUT2D eigenvalue weighted by Gasteiger charge is 2.10. The van der Waals surface area contributed by atoms with Crippen molar-refractivity contribution in [1.82, 2.24) is 5.32 Å². The number of halogens is 2. The van der Waals surface area contributed by atoms with Crippen LogP contribution in [0.3, 0.4) is 0 Å². The topological polar surface area (TPSA) is 89.3 Å². The van der Waals surface area contributed by atoms with Crippen molar-refractivity contribution in [3.05, 3.63) is 29.8 Å². The van der Waals surface area contributed by atoms with Crippen LogP contribution in [0.1, 0.15) is 5.56 Å². The number of amides is 1. The van der Waals surface area contributed by atoms with Crippen LogP contribution in [0.5, 0.6) is 0 Å². The highest BCUT2D eigenvalue weighted by molar-refractivity contribution is 7.89. The van der Waals surface area contributed by atoms with Crippen molar-refractivity contribution in [3.63, 3.8) is 0 Å². The summed E-state index contributed by atoms with van der Waals surface area (Å²) in [5, 5.41) is 7.50. The molecule has 0 aliphatic carbocycles. The van der Waals surface area contributed by atoms with Gasteiger partial charge in [-0.2, -0.15) is 0 Å². The van der Waals surface area contributed by atoms with Gasteiger partial charge in [-0.25, -0.2) is 13.6 Å². The van der Waals surface area contributed by atoms with Crippen LogP contribution in [0, 0.1) is 0 Å². The first kappa shape index (κ1) is 15.2. The van der Waals surface area contributed by atoms with Crippen LogP contribution in [0.4, 0.5) is 0 Å². The number of primary sulfonamides is 1. The summed E-state index contributed by atoms with van der Waals surface area (Å²) in [5.41, 5.74) is 0.864. The lowest BCUT2D eigenvalue weighted by Crippen LogP contribution is -2.30. The Kier molecular flexibility index (Phi) is 5.40. The minimum absolute atomic E-state index is 0.0527. The van der Waals surface area contributed by atoms with Gasteiger partial charge in [0.2, 0.25) is 10.0 Å². The van der Waals surface area contributed by atoms with Crippen LogP contribution in [-0.4, -0.2) is 25.7 Å². The van der Waals surface area contributed by atoms with E-state index >= 15 is 0 Å². The summed E-state index contributed by atoms with van der Waals surface area (Å²) in [6, 6.07) is 6.09. The van der Waals surface area contributed by atoms with Gasteiger partial charge in [0.15, 0.2) is 4.84 Å². The normalized spacial score (nSPS) is 11.6. The van der Waals surface area contributed by atoms with E-state index in [9.17, 15) is 13.2 Å². The van der Waals surface area contributed by atoms with Crippen LogP contribution in [0.15, 0.2) is 29.2 Å². The molecule has 1 aromatic rings. The predicted octanol–water partition coefficient (Wildman–Crippen LogP) is 0.796. The van der Waals surface area contributed by atoms with Crippen LogP contribution in [-0.2, 0) is 21.2 Å². The standard InChI is InChI=1S/C10H12Cl2N2O3S/c11-9(12)10(15)14-6-5-7-1-3-8(4-2-7)18(13,16)17/h1-4,9H,5-6H2,(H,14,15)(H2,13,16,17). The largest absolute Gasteiger partial charge is 0.353 e. The zero-order valence-electron chi connectivity index (χ0n) is 9.27. The first-order valence-corrected chi connectivity index (χ1v) is 7.40. The number of nitrogens with one attached hydrogen (secondary N) is 1. The molecule has 3 N–H and O–H groups in total. The Morgan fingerprint density at radius 3 is 2.28 bits per heavy atom. The molecule has 5 nitrogen and oxygen atoms in total. The summed E-state index contributed by atoms with van der Waals surface area (Å²) in [5.74, 6) is -0.459. The number of hydrogen-bond donors (Lipinski definition) is 2. The molecule has 1 rings (SSSR count). The van der Waals surface area contributed by atoms with E-state index in [2.05, 4.69) is 5.32 Å². The van der Waals surface area contributed by atoms with Gasteiger partial charge in [0.25, 0.3) is 5.91 Å². The Morgan fingerprint density at radius 2 is 1.83 bits per heavy atom. The molecule has 0 spiro atoms. The number of benzene rings is 1. The Hall–Kier alpha value is -0.820. The van der Waals surface area contributed by atoms with E-state index < -0.39 is 20.8 Å². The average molecular weight is 311 g/mol. The van der Waals surface area contributed by atoms with Crippen molar-refractivity contribution in [2.75, 3.05) is 6.54 Å². The van der Waals surface area contributed by atoms with Crippen LogP contribution in [0.25, 0.3) is 0 Å². The zero-order chi connectivity index (χ0) is 13.8. The number of carbonyl (C=O) groups excluding carboxylic acids is 1. The third-order valence-electron chi connectivity index (χ3n) is 2.16. The van der Waals surface area contributed by atoms with Gasteiger partial charge in [0.1, 0.15) is 0 Å². The second-order valence-electron chi connectivity index (χ2n) is 3.53. The quantitative estimate of drug-likeness (QED) is 0.788. The fourth-order valence-electron chi connectivity index (χ4n) is 1.25. The third kappa shape index (κ3) is 4.81. The first-order valence-electron chi connectivity index (χ1n) is 4.98. The molecule has 0 aliphatic heterocycles. The molecule has 0 fully saturated rings. The molecule has 0 saturated carbocycles. The second-order valence-corrected chi connectivity index (χ2v) is 6.19. The molecule has 0 atom stereocenters. The molecule has 0 heterocycles. The number of rotatable bonds is 5. The van der Waals surface area contributed by atoms with Crippen molar-refractivity contribution in [2.24, 2.45) is 5.14 Å². The van der Waals surface area contributed by atoms with Gasteiger partial charge >= 0.3 is 0 Å². The van der Waals surface area contributed by atoms with Crippen LogP contribution >= 0.6 is 23.2 Å². The Balaban J connectivity index is 2.53. The maximum Gasteiger partial charge on any atom is 0.253 e. The Morgan fingerprint density at radius 1 is 1.28 bits per heavy atom. The predicted molar refractivity (Wildman–Crippen MR) is 70.0 cm³/mol. The minimum Gasteiger partial charge on any atom is -0.353 e. The van der Waals surface area contributed by atoms with Crippen molar-refractivity contribution in [1.29, 1.82) is 0 Å². The Labute approximate surface area is 115 Å². The van der Waals surface area contributed by atoms with Gasteiger partial charge in [-0.1, -0.05) is 35.3 Å². The fourth-order valence-corrected chi connectivity index (χ4v) is 1.92. The van der Waals surface area contributed by atoms with Gasteiger partial charge in [-0.15, -0.1) is 0 Å². The molecular formula is C10H12Cl2N2O3S. The van der Waals surface area contributed by atoms with E-state index in [0.717, 1.165) is 5.56 Å². The number of sulfonamides is 1. The number of carbonyl (C=O) groups is 1. The molecular weight excluding hydrogens is 299 g/mol. The van der Waals surface area contributed by atoms with Gasteiger partial charge in [0, 0.05) is 6.54 Å². The van der Waals surface area contributed by atoms with E-state index in [1.807, 2.05) is 0 Å². The second kappa shape index (κ2) is 6.38. The lowest BCUT2D eigenvalue weighted by Gasteiger charge is -2.06. The smallest absolute Gasteiger partial charge is 0.253 e. The lowest BCUT2D eigenvalue weighted by molar-refractivity contribution is -0.119. The van der Waals surface area contributed by atoms with Crippen molar-refractivity contribution >= 4 is 39.1 Å². The van der Waals surface area contributed by atoms with E-state index in [1.54, 1.807) is 12.1 Å². The SMILES string of the molecule is NS(=O)(=O)c1ccc(CCNC(=O)C(Cl)Cl)cc1. The molecule has 0 unspecified atom stereocenters. The molecule has 0 aromatic heterocycles. The van der Waals surface area contributed by atoms with E-state index in [1.165, 1.54) is 12.1 Å². The number of hydrogen-bond acceptors (Lipinski definition) is 3. The zero-order valence-corrected chi connectivity index (χ0v) is 11.6. The molecule has 0 radical (unpaired) electrons. The average Bonchev–Trinajstić information content (AvgIpc) is 2.28.